The molecule has 0 unspecified atom stereocenters. The zero-order valence-electron chi connectivity index (χ0n) is 12.6. The molecule has 0 aromatic heterocycles. The van der Waals surface area contributed by atoms with Gasteiger partial charge in [-0.2, -0.15) is 0 Å². The summed E-state index contributed by atoms with van der Waals surface area (Å²) in [5.74, 6) is 0.387. The molecule has 5 heteroatoms. The second-order valence-corrected chi connectivity index (χ2v) is 5.30. The largest absolute Gasteiger partial charge is 0.573 e. The summed E-state index contributed by atoms with van der Waals surface area (Å²) in [6, 6.07) is 5.90. The number of halogens is 3. The lowest BCUT2D eigenvalue weighted by atomic mass is 10.1. The number of nitrogens with one attached hydrogen (secondary N) is 1. The zero-order valence-corrected chi connectivity index (χ0v) is 12.6. The predicted molar refractivity (Wildman–Crippen MR) is 79.1 cm³/mol. The molecule has 1 N–H and O–H groups in total. The third kappa shape index (κ3) is 7.75. The molecule has 0 aliphatic heterocycles. The van der Waals surface area contributed by atoms with Gasteiger partial charge >= 0.3 is 6.36 Å². The van der Waals surface area contributed by atoms with Gasteiger partial charge in [0.25, 0.3) is 0 Å². The van der Waals surface area contributed by atoms with Crippen LogP contribution in [0.4, 0.5) is 13.2 Å². The van der Waals surface area contributed by atoms with Crippen LogP contribution < -0.4 is 10.1 Å². The van der Waals surface area contributed by atoms with E-state index in [1.165, 1.54) is 17.7 Å². The van der Waals surface area contributed by atoms with Crippen LogP contribution in [0.15, 0.2) is 29.8 Å². The first-order valence-electron chi connectivity index (χ1n) is 7.06. The Hall–Kier alpha value is -1.49. The summed E-state index contributed by atoms with van der Waals surface area (Å²) >= 11 is 0. The molecule has 0 aliphatic carbocycles. The molecule has 0 aliphatic rings. The van der Waals surface area contributed by atoms with Crippen LogP contribution in [-0.2, 0) is 0 Å². The van der Waals surface area contributed by atoms with Gasteiger partial charge in [0.05, 0.1) is 0 Å². The van der Waals surface area contributed by atoms with Crippen molar-refractivity contribution in [3.05, 3.63) is 35.4 Å². The van der Waals surface area contributed by atoms with Crippen molar-refractivity contribution in [2.75, 3.05) is 13.1 Å². The lowest BCUT2D eigenvalue weighted by Gasteiger charge is -2.10. The van der Waals surface area contributed by atoms with E-state index in [-0.39, 0.29) is 5.75 Å². The number of ether oxygens (including phenoxy) is 1. The van der Waals surface area contributed by atoms with Crippen LogP contribution in [0.5, 0.6) is 5.75 Å². The fraction of sp³-hybridized carbons (Fsp3) is 0.500. The molecule has 118 valence electrons. The van der Waals surface area contributed by atoms with E-state index >= 15 is 0 Å². The summed E-state index contributed by atoms with van der Waals surface area (Å²) in [5, 5.41) is 3.36. The number of benzene rings is 1. The molecule has 0 radical (unpaired) electrons. The van der Waals surface area contributed by atoms with Crippen LogP contribution in [0.1, 0.15) is 32.8 Å². The van der Waals surface area contributed by atoms with Gasteiger partial charge in [-0.1, -0.05) is 44.6 Å². The smallest absolute Gasteiger partial charge is 0.406 e. The van der Waals surface area contributed by atoms with Crippen molar-refractivity contribution in [1.82, 2.24) is 5.32 Å². The van der Waals surface area contributed by atoms with Gasteiger partial charge in [0.1, 0.15) is 5.75 Å². The van der Waals surface area contributed by atoms with Gasteiger partial charge in [-0.25, -0.2) is 0 Å². The molecule has 0 atom stereocenters. The van der Waals surface area contributed by atoms with E-state index in [4.69, 9.17) is 0 Å². The molecule has 1 aromatic carbocycles. The Labute approximate surface area is 124 Å². The van der Waals surface area contributed by atoms with Crippen LogP contribution in [0.2, 0.25) is 0 Å². The topological polar surface area (TPSA) is 21.3 Å². The Morgan fingerprint density at radius 3 is 2.33 bits per heavy atom. The predicted octanol–water partition coefficient (Wildman–Crippen LogP) is 4.62. The lowest BCUT2D eigenvalue weighted by Crippen LogP contribution is -2.21. The summed E-state index contributed by atoms with van der Waals surface area (Å²) in [5.41, 5.74) is 2.08. The molecule has 0 saturated carbocycles. The monoisotopic (exact) mass is 301 g/mol. The molecule has 1 rings (SSSR count). The first kappa shape index (κ1) is 17.6. The SMILES string of the molecule is CCC(=Cc1ccc(OC(F)(F)F)cc1)CNCC(C)C. The van der Waals surface area contributed by atoms with Crippen molar-refractivity contribution in [2.45, 2.75) is 33.6 Å². The molecule has 0 bridgehead atoms. The van der Waals surface area contributed by atoms with Crippen LogP contribution in [0.3, 0.4) is 0 Å². The molecule has 0 heterocycles. The van der Waals surface area contributed by atoms with Crippen molar-refractivity contribution in [1.29, 1.82) is 0 Å². The Bertz CT molecular complexity index is 450. The van der Waals surface area contributed by atoms with E-state index in [0.717, 1.165) is 25.1 Å². The highest BCUT2D eigenvalue weighted by atomic mass is 19.4. The highest BCUT2D eigenvalue weighted by Crippen LogP contribution is 2.23. The van der Waals surface area contributed by atoms with E-state index in [9.17, 15) is 13.2 Å². The number of alkyl halides is 3. The lowest BCUT2D eigenvalue weighted by molar-refractivity contribution is -0.274. The summed E-state index contributed by atoms with van der Waals surface area (Å²) in [7, 11) is 0. The molecule has 0 amide bonds. The minimum atomic E-state index is -4.65. The van der Waals surface area contributed by atoms with Gasteiger partial charge in [0, 0.05) is 6.54 Å². The maximum absolute atomic E-state index is 12.1. The summed E-state index contributed by atoms with van der Waals surface area (Å²) in [4.78, 5) is 0. The minimum Gasteiger partial charge on any atom is -0.406 e. The second-order valence-electron chi connectivity index (χ2n) is 5.30. The Kier molecular flexibility index (Phi) is 6.75. The van der Waals surface area contributed by atoms with Gasteiger partial charge in [0.2, 0.25) is 0 Å². The summed E-state index contributed by atoms with van der Waals surface area (Å²) in [6.07, 6.45) is -1.76. The van der Waals surface area contributed by atoms with Crippen LogP contribution in [-0.4, -0.2) is 19.5 Å². The molecular formula is C16H22F3NO. The van der Waals surface area contributed by atoms with Gasteiger partial charge in [-0.3, -0.25) is 0 Å². The van der Waals surface area contributed by atoms with Crippen LogP contribution in [0.25, 0.3) is 6.08 Å². The molecule has 2 nitrogen and oxygen atoms in total. The molecular weight excluding hydrogens is 279 g/mol. The zero-order chi connectivity index (χ0) is 15.9. The van der Waals surface area contributed by atoms with E-state index in [0.29, 0.717) is 5.92 Å². The Balaban J connectivity index is 2.64. The molecule has 1 aromatic rings. The average Bonchev–Trinajstić information content (AvgIpc) is 2.37. The van der Waals surface area contributed by atoms with Crippen molar-refractivity contribution < 1.29 is 17.9 Å². The molecule has 21 heavy (non-hydrogen) atoms. The summed E-state index contributed by atoms with van der Waals surface area (Å²) in [6.45, 7) is 8.07. The van der Waals surface area contributed by atoms with Crippen molar-refractivity contribution >= 4 is 6.08 Å². The average molecular weight is 301 g/mol. The highest BCUT2D eigenvalue weighted by Gasteiger charge is 2.30. The number of rotatable bonds is 7. The molecule has 0 spiro atoms. The Morgan fingerprint density at radius 2 is 1.86 bits per heavy atom. The van der Waals surface area contributed by atoms with Gasteiger partial charge in [0.15, 0.2) is 0 Å². The molecule has 0 saturated heterocycles. The third-order valence-corrected chi connectivity index (χ3v) is 2.84. The minimum absolute atomic E-state index is 0.198. The quantitative estimate of drug-likeness (QED) is 0.793. The maximum Gasteiger partial charge on any atom is 0.573 e. The van der Waals surface area contributed by atoms with E-state index < -0.39 is 6.36 Å². The van der Waals surface area contributed by atoms with Crippen molar-refractivity contribution in [3.63, 3.8) is 0 Å². The van der Waals surface area contributed by atoms with Crippen molar-refractivity contribution in [3.8, 4) is 5.75 Å². The van der Waals surface area contributed by atoms with Crippen LogP contribution in [0, 0.1) is 5.92 Å². The Morgan fingerprint density at radius 1 is 1.24 bits per heavy atom. The highest BCUT2D eigenvalue weighted by molar-refractivity contribution is 5.54. The normalized spacial score (nSPS) is 12.8. The first-order chi connectivity index (χ1) is 9.80. The van der Waals surface area contributed by atoms with Gasteiger partial charge in [-0.15, -0.1) is 13.2 Å². The maximum atomic E-state index is 12.1. The summed E-state index contributed by atoms with van der Waals surface area (Å²) < 4.78 is 40.1. The first-order valence-corrected chi connectivity index (χ1v) is 7.06. The fourth-order valence-corrected chi connectivity index (χ4v) is 1.80. The second kappa shape index (κ2) is 8.08. The fourth-order valence-electron chi connectivity index (χ4n) is 1.80. The van der Waals surface area contributed by atoms with E-state index in [2.05, 4.69) is 30.8 Å². The standard InChI is InChI=1S/C16H22F3NO/c1-4-13(11-20-10-12(2)3)9-14-5-7-15(8-6-14)21-16(17,18)19/h5-9,12,20H,4,10-11H2,1-3H3. The molecule has 0 fully saturated rings. The van der Waals surface area contributed by atoms with Crippen molar-refractivity contribution in [2.24, 2.45) is 5.92 Å². The van der Waals surface area contributed by atoms with E-state index in [1.807, 2.05) is 6.08 Å². The van der Waals surface area contributed by atoms with Crippen LogP contribution >= 0.6 is 0 Å². The van der Waals surface area contributed by atoms with Gasteiger partial charge < -0.3 is 10.1 Å². The van der Waals surface area contributed by atoms with Gasteiger partial charge in [-0.05, 0) is 36.6 Å². The number of hydrogen-bond acceptors (Lipinski definition) is 2. The van der Waals surface area contributed by atoms with E-state index in [1.54, 1.807) is 12.1 Å². The number of hydrogen-bond donors (Lipinski definition) is 1. The third-order valence-electron chi connectivity index (χ3n) is 2.84.